The minimum absolute atomic E-state index is 0.132. The highest BCUT2D eigenvalue weighted by Crippen LogP contribution is 2.08. The molecule has 4 heteroatoms. The lowest BCUT2D eigenvalue weighted by atomic mass is 10.0. The molecule has 0 spiro atoms. The van der Waals surface area contributed by atoms with Gasteiger partial charge in [-0.3, -0.25) is 4.79 Å². The van der Waals surface area contributed by atoms with Crippen LogP contribution in [-0.2, 0) is 9.53 Å². The second-order valence-corrected chi connectivity index (χ2v) is 5.47. The highest BCUT2D eigenvalue weighted by Gasteiger charge is 2.22. The van der Waals surface area contributed by atoms with Crippen molar-refractivity contribution >= 4 is 5.97 Å². The van der Waals surface area contributed by atoms with Crippen LogP contribution in [0.5, 0.6) is 0 Å². The molecule has 0 saturated carbocycles. The molecule has 0 aliphatic rings. The molecule has 0 fully saturated rings. The quantitative estimate of drug-likeness (QED) is 0.641. The second kappa shape index (κ2) is 9.34. The maximum absolute atomic E-state index is 11.8. The molecule has 1 N–H and O–H groups in total. The topological polar surface area (TPSA) is 41.6 Å². The predicted molar refractivity (Wildman–Crippen MR) is 75.6 cm³/mol. The molecule has 0 rings (SSSR count). The van der Waals surface area contributed by atoms with E-state index in [1.54, 1.807) is 0 Å². The van der Waals surface area contributed by atoms with Crippen LogP contribution in [0.15, 0.2) is 0 Å². The van der Waals surface area contributed by atoms with E-state index >= 15 is 0 Å². The third-order valence-electron chi connectivity index (χ3n) is 2.76. The molecule has 0 bridgehead atoms. The van der Waals surface area contributed by atoms with Gasteiger partial charge in [0, 0.05) is 12.6 Å². The highest BCUT2D eigenvalue weighted by atomic mass is 16.5. The van der Waals surface area contributed by atoms with Crippen LogP contribution in [0.4, 0.5) is 0 Å². The van der Waals surface area contributed by atoms with Crippen LogP contribution < -0.4 is 5.32 Å². The summed E-state index contributed by atoms with van der Waals surface area (Å²) >= 11 is 0. The molecule has 0 aliphatic heterocycles. The number of nitrogens with zero attached hydrogens (tertiary/aromatic N) is 1. The van der Waals surface area contributed by atoms with Crippen LogP contribution in [0.2, 0.25) is 0 Å². The first-order valence-corrected chi connectivity index (χ1v) is 6.98. The fraction of sp³-hybridized carbons (Fsp3) is 0.929. The first-order valence-electron chi connectivity index (χ1n) is 6.98. The van der Waals surface area contributed by atoms with E-state index in [9.17, 15) is 4.79 Å². The Morgan fingerprint density at radius 3 is 2.28 bits per heavy atom. The molecule has 0 amide bonds. The number of hydrogen-bond donors (Lipinski definition) is 1. The lowest BCUT2D eigenvalue weighted by Crippen LogP contribution is -2.48. The summed E-state index contributed by atoms with van der Waals surface area (Å²) in [5.41, 5.74) is 0. The maximum Gasteiger partial charge on any atom is 0.323 e. The SMILES string of the molecule is CCOC(=O)C(CC)NC(CC(C)C)CN(C)C. The lowest BCUT2D eigenvalue weighted by molar-refractivity contribution is -0.146. The zero-order chi connectivity index (χ0) is 14.1. The average molecular weight is 258 g/mol. The number of likely N-dealkylation sites (N-methyl/N-ethyl adjacent to an activating group) is 1. The molecule has 0 saturated heterocycles. The van der Waals surface area contributed by atoms with Gasteiger partial charge in [0.25, 0.3) is 0 Å². The Labute approximate surface area is 112 Å². The number of nitrogens with one attached hydrogen (secondary N) is 1. The highest BCUT2D eigenvalue weighted by molar-refractivity contribution is 5.75. The van der Waals surface area contributed by atoms with Crippen molar-refractivity contribution in [1.29, 1.82) is 0 Å². The normalized spacial score (nSPS) is 14.9. The largest absolute Gasteiger partial charge is 0.465 e. The molecule has 0 aromatic rings. The number of ether oxygens (including phenoxy) is 1. The van der Waals surface area contributed by atoms with Gasteiger partial charge in [-0.1, -0.05) is 20.8 Å². The molecule has 18 heavy (non-hydrogen) atoms. The van der Waals surface area contributed by atoms with Crippen LogP contribution in [0.3, 0.4) is 0 Å². The molecule has 108 valence electrons. The molecule has 0 heterocycles. The Morgan fingerprint density at radius 1 is 1.28 bits per heavy atom. The van der Waals surface area contributed by atoms with E-state index < -0.39 is 0 Å². The van der Waals surface area contributed by atoms with E-state index in [0.717, 1.165) is 19.4 Å². The smallest absolute Gasteiger partial charge is 0.323 e. The maximum atomic E-state index is 11.8. The predicted octanol–water partition coefficient (Wildman–Crippen LogP) is 1.89. The summed E-state index contributed by atoms with van der Waals surface area (Å²) in [5.74, 6) is 0.481. The summed E-state index contributed by atoms with van der Waals surface area (Å²) in [6.07, 6.45) is 1.83. The van der Waals surface area contributed by atoms with Crippen LogP contribution in [0.25, 0.3) is 0 Å². The van der Waals surface area contributed by atoms with Gasteiger partial charge >= 0.3 is 5.97 Å². The Hall–Kier alpha value is -0.610. The number of hydrogen-bond acceptors (Lipinski definition) is 4. The summed E-state index contributed by atoms with van der Waals surface area (Å²) in [6.45, 7) is 9.64. The molecule has 0 aromatic carbocycles. The second-order valence-electron chi connectivity index (χ2n) is 5.47. The number of carbonyl (C=O) groups excluding carboxylic acids is 1. The molecule has 0 aromatic heterocycles. The first-order chi connectivity index (χ1) is 8.40. The fourth-order valence-electron chi connectivity index (χ4n) is 2.09. The van der Waals surface area contributed by atoms with E-state index in [4.69, 9.17) is 4.74 Å². The number of esters is 1. The standard InChI is InChI=1S/C14H30N2O2/c1-7-13(14(17)18-8-2)15-12(9-11(3)4)10-16(5)6/h11-13,15H,7-10H2,1-6H3. The minimum atomic E-state index is -0.186. The van der Waals surface area contributed by atoms with E-state index in [1.807, 2.05) is 13.8 Å². The van der Waals surface area contributed by atoms with Crippen LogP contribution in [0, 0.1) is 5.92 Å². The molecule has 4 nitrogen and oxygen atoms in total. The summed E-state index contributed by atoms with van der Waals surface area (Å²) in [7, 11) is 4.11. The zero-order valence-corrected chi connectivity index (χ0v) is 12.8. The van der Waals surface area contributed by atoms with Crippen molar-refractivity contribution < 1.29 is 9.53 Å². The van der Waals surface area contributed by atoms with Crippen LogP contribution in [-0.4, -0.2) is 50.2 Å². The van der Waals surface area contributed by atoms with E-state index in [2.05, 4.69) is 38.2 Å². The van der Waals surface area contributed by atoms with Gasteiger partial charge in [-0.2, -0.15) is 0 Å². The van der Waals surface area contributed by atoms with Gasteiger partial charge in [-0.15, -0.1) is 0 Å². The van der Waals surface area contributed by atoms with Crippen molar-refractivity contribution in [3.05, 3.63) is 0 Å². The zero-order valence-electron chi connectivity index (χ0n) is 12.8. The van der Waals surface area contributed by atoms with Gasteiger partial charge < -0.3 is 15.0 Å². The van der Waals surface area contributed by atoms with Gasteiger partial charge in [0.2, 0.25) is 0 Å². The molecular weight excluding hydrogens is 228 g/mol. The molecule has 2 atom stereocenters. The van der Waals surface area contributed by atoms with Gasteiger partial charge in [-0.25, -0.2) is 0 Å². The van der Waals surface area contributed by atoms with Crippen LogP contribution in [0.1, 0.15) is 40.5 Å². The van der Waals surface area contributed by atoms with E-state index in [-0.39, 0.29) is 12.0 Å². The van der Waals surface area contributed by atoms with Gasteiger partial charge in [0.15, 0.2) is 0 Å². The third kappa shape index (κ3) is 7.67. The van der Waals surface area contributed by atoms with Crippen molar-refractivity contribution in [1.82, 2.24) is 10.2 Å². The Bertz CT molecular complexity index is 220. The number of rotatable bonds is 9. The van der Waals surface area contributed by atoms with Crippen molar-refractivity contribution in [3.63, 3.8) is 0 Å². The summed E-state index contributed by atoms with van der Waals surface area (Å²) in [4.78, 5) is 13.9. The Balaban J connectivity index is 4.45. The molecule has 0 radical (unpaired) electrons. The average Bonchev–Trinajstić information content (AvgIpc) is 2.24. The number of carbonyl (C=O) groups is 1. The fourth-order valence-corrected chi connectivity index (χ4v) is 2.09. The first kappa shape index (κ1) is 17.4. The van der Waals surface area contributed by atoms with Crippen molar-refractivity contribution in [2.24, 2.45) is 5.92 Å². The molecule has 2 unspecified atom stereocenters. The Kier molecular flexibility index (Phi) is 9.02. The lowest BCUT2D eigenvalue weighted by Gasteiger charge is -2.27. The van der Waals surface area contributed by atoms with Gasteiger partial charge in [0.05, 0.1) is 6.61 Å². The summed E-state index contributed by atoms with van der Waals surface area (Å²) < 4.78 is 5.09. The van der Waals surface area contributed by atoms with E-state index in [0.29, 0.717) is 18.6 Å². The van der Waals surface area contributed by atoms with Crippen molar-refractivity contribution in [2.75, 3.05) is 27.2 Å². The summed E-state index contributed by atoms with van der Waals surface area (Å²) in [5, 5.41) is 3.43. The monoisotopic (exact) mass is 258 g/mol. The van der Waals surface area contributed by atoms with Gasteiger partial charge in [0.1, 0.15) is 6.04 Å². The minimum Gasteiger partial charge on any atom is -0.465 e. The Morgan fingerprint density at radius 2 is 1.89 bits per heavy atom. The third-order valence-corrected chi connectivity index (χ3v) is 2.76. The van der Waals surface area contributed by atoms with E-state index in [1.165, 1.54) is 0 Å². The molecule has 0 aliphatic carbocycles. The summed E-state index contributed by atoms with van der Waals surface area (Å²) in [6, 6.07) is 0.142. The van der Waals surface area contributed by atoms with Gasteiger partial charge in [-0.05, 0) is 39.8 Å². The van der Waals surface area contributed by atoms with Crippen molar-refractivity contribution in [3.8, 4) is 0 Å². The van der Waals surface area contributed by atoms with Crippen molar-refractivity contribution in [2.45, 2.75) is 52.6 Å². The molecular formula is C14H30N2O2. The van der Waals surface area contributed by atoms with Crippen LogP contribution >= 0.6 is 0 Å².